The minimum atomic E-state index is -6.92. The normalized spacial score (nSPS) is 13.7. The molecular formula is C29H37F11O3Si2. The molecule has 0 atom stereocenters. The molecule has 0 aliphatic rings. The lowest BCUT2D eigenvalue weighted by molar-refractivity contribution is -0.396. The summed E-state index contributed by atoms with van der Waals surface area (Å²) in [5.74, 6) is -21.6. The Hall–Kier alpha value is -2.34. The second-order valence-corrected chi connectivity index (χ2v) is 28.0. The molecule has 2 rings (SSSR count). The largest absolute Gasteiger partial charge is 0.494 e. The van der Waals surface area contributed by atoms with Crippen LogP contribution in [0.15, 0.2) is 36.4 Å². The van der Waals surface area contributed by atoms with Crippen molar-refractivity contribution in [2.75, 3.05) is 19.8 Å². The van der Waals surface area contributed by atoms with Crippen LogP contribution in [0.5, 0.6) is 11.5 Å². The molecule has 0 aliphatic carbocycles. The predicted molar refractivity (Wildman–Crippen MR) is 154 cm³/mol. The standard InChI is InChI=1S/C29H37F11O3Si2/c1-44(2,3)45(4,5)43-19-9-8-18-42-23-15-14-22(24(30)25(23)31)20-10-12-21(13-11-20)41-17-7-6-16-26(32,33)27(34,35)28(36,37)29(38,39)40/h10-15H,6-9,16-19H2,1-5H3. The Morgan fingerprint density at radius 1 is 0.600 bits per heavy atom. The molecule has 0 amide bonds. The summed E-state index contributed by atoms with van der Waals surface area (Å²) in [6.45, 7) is 11.6. The van der Waals surface area contributed by atoms with Crippen molar-refractivity contribution in [2.24, 2.45) is 0 Å². The van der Waals surface area contributed by atoms with Crippen LogP contribution in [0.3, 0.4) is 0 Å². The van der Waals surface area contributed by atoms with Gasteiger partial charge in [0.2, 0.25) is 5.82 Å². The molecule has 0 unspecified atom stereocenters. The summed E-state index contributed by atoms with van der Waals surface area (Å²) >= 11 is 0. The third-order valence-electron chi connectivity index (χ3n) is 7.64. The van der Waals surface area contributed by atoms with Crippen LogP contribution >= 0.6 is 0 Å². The van der Waals surface area contributed by atoms with Gasteiger partial charge in [0.25, 0.3) is 0 Å². The zero-order chi connectivity index (χ0) is 34.5. The van der Waals surface area contributed by atoms with E-state index in [1.807, 2.05) is 0 Å². The maximum Gasteiger partial charge on any atom is 0.460 e. The smallest absolute Gasteiger partial charge is 0.460 e. The van der Waals surface area contributed by atoms with Crippen molar-refractivity contribution < 1.29 is 62.2 Å². The fraction of sp³-hybridized carbons (Fsp3) is 0.586. The highest BCUT2D eigenvalue weighted by Crippen LogP contribution is 2.54. The van der Waals surface area contributed by atoms with E-state index in [2.05, 4.69) is 32.7 Å². The number of hydrogen-bond acceptors (Lipinski definition) is 3. The Morgan fingerprint density at radius 3 is 1.69 bits per heavy atom. The molecule has 16 heteroatoms. The second kappa shape index (κ2) is 14.6. The number of rotatable bonds is 17. The fourth-order valence-corrected chi connectivity index (χ4v) is 6.42. The Bertz CT molecular complexity index is 1250. The maximum absolute atomic E-state index is 14.8. The summed E-state index contributed by atoms with van der Waals surface area (Å²) in [5, 5.41) is 0. The van der Waals surface area contributed by atoms with Crippen LogP contribution in [0.1, 0.15) is 32.1 Å². The molecule has 2 aromatic carbocycles. The van der Waals surface area contributed by atoms with E-state index >= 15 is 0 Å². The molecule has 0 aromatic heterocycles. The van der Waals surface area contributed by atoms with Crippen LogP contribution in [0.25, 0.3) is 11.1 Å². The quantitative estimate of drug-likeness (QED) is 0.0935. The number of hydrogen-bond donors (Lipinski definition) is 0. The summed E-state index contributed by atoms with van der Waals surface area (Å²) in [6, 6.07) is 8.02. The molecule has 256 valence electrons. The van der Waals surface area contributed by atoms with Crippen molar-refractivity contribution in [3.8, 4) is 22.6 Å². The lowest BCUT2D eigenvalue weighted by Crippen LogP contribution is -2.60. The van der Waals surface area contributed by atoms with E-state index in [1.54, 1.807) is 0 Å². The third-order valence-corrected chi connectivity index (χ3v) is 23.4. The molecule has 45 heavy (non-hydrogen) atoms. The van der Waals surface area contributed by atoms with Gasteiger partial charge in [0, 0.05) is 18.6 Å². The number of ether oxygens (including phenoxy) is 2. The molecule has 0 saturated carbocycles. The highest BCUT2D eigenvalue weighted by molar-refractivity contribution is 7.37. The summed E-state index contributed by atoms with van der Waals surface area (Å²) in [6.07, 6.45) is -8.73. The minimum absolute atomic E-state index is 0.0860. The van der Waals surface area contributed by atoms with Crippen molar-refractivity contribution in [1.29, 1.82) is 0 Å². The Morgan fingerprint density at radius 2 is 1.13 bits per heavy atom. The van der Waals surface area contributed by atoms with Gasteiger partial charge in [0.05, 0.1) is 20.8 Å². The van der Waals surface area contributed by atoms with E-state index in [0.717, 1.165) is 0 Å². The van der Waals surface area contributed by atoms with Crippen molar-refractivity contribution in [2.45, 2.75) is 88.8 Å². The first-order chi connectivity index (χ1) is 20.5. The van der Waals surface area contributed by atoms with E-state index in [-0.39, 0.29) is 42.3 Å². The zero-order valence-electron chi connectivity index (χ0n) is 25.5. The molecular weight excluding hydrogens is 661 g/mol. The molecule has 2 aromatic rings. The Balaban J connectivity index is 1.85. The summed E-state index contributed by atoms with van der Waals surface area (Å²) < 4.78 is 163. The van der Waals surface area contributed by atoms with Gasteiger partial charge in [-0.25, -0.2) is 4.39 Å². The zero-order valence-corrected chi connectivity index (χ0v) is 27.5. The molecule has 0 bridgehead atoms. The van der Waals surface area contributed by atoms with Crippen molar-refractivity contribution in [3.05, 3.63) is 48.0 Å². The van der Waals surface area contributed by atoms with E-state index in [0.29, 0.717) is 19.4 Å². The monoisotopic (exact) mass is 698 g/mol. The molecule has 0 N–H and O–H groups in total. The van der Waals surface area contributed by atoms with E-state index < -0.39 is 63.8 Å². The van der Waals surface area contributed by atoms with Crippen LogP contribution < -0.4 is 9.47 Å². The van der Waals surface area contributed by atoms with E-state index in [9.17, 15) is 48.3 Å². The molecule has 0 aliphatic heterocycles. The van der Waals surface area contributed by atoms with Crippen molar-refractivity contribution >= 4 is 15.4 Å². The van der Waals surface area contributed by atoms with Gasteiger partial charge in [-0.3, -0.25) is 0 Å². The predicted octanol–water partition coefficient (Wildman–Crippen LogP) is 10.4. The molecule has 0 saturated heterocycles. The molecule has 0 heterocycles. The minimum Gasteiger partial charge on any atom is -0.494 e. The average Bonchev–Trinajstić information content (AvgIpc) is 2.91. The van der Waals surface area contributed by atoms with Crippen molar-refractivity contribution in [3.63, 3.8) is 0 Å². The second-order valence-electron chi connectivity index (χ2n) is 12.1. The fourth-order valence-electron chi connectivity index (χ4n) is 3.73. The van der Waals surface area contributed by atoms with Gasteiger partial charge in [-0.1, -0.05) is 31.8 Å². The van der Waals surface area contributed by atoms with Gasteiger partial charge in [0.1, 0.15) is 5.75 Å². The Kier molecular flexibility index (Phi) is 12.6. The highest BCUT2D eigenvalue weighted by Gasteiger charge is 2.81. The van der Waals surface area contributed by atoms with Gasteiger partial charge in [-0.05, 0) is 68.6 Å². The summed E-state index contributed by atoms with van der Waals surface area (Å²) in [7, 11) is -3.13. The first kappa shape index (κ1) is 38.8. The first-order valence-electron chi connectivity index (χ1n) is 14.1. The lowest BCUT2D eigenvalue weighted by atomic mass is 9.99. The first-order valence-corrected chi connectivity index (χ1v) is 21.6. The Labute approximate surface area is 257 Å². The number of alkyl halides is 9. The SMILES string of the molecule is C[Si](C)(C)[Si](C)(C)OCCCCOc1ccc(-c2ccc(OCCCCC(F)(F)C(F)(F)C(F)(F)C(F)(F)F)cc2)c(F)c1F. The summed E-state index contributed by atoms with van der Waals surface area (Å²) in [4.78, 5) is 0. The molecule has 3 nitrogen and oxygen atoms in total. The van der Waals surface area contributed by atoms with Crippen molar-refractivity contribution in [1.82, 2.24) is 0 Å². The van der Waals surface area contributed by atoms with Crippen LogP contribution in [-0.4, -0.2) is 59.2 Å². The number of unbranched alkanes of at least 4 members (excludes halogenated alkanes) is 2. The maximum atomic E-state index is 14.8. The third kappa shape index (κ3) is 9.36. The van der Waals surface area contributed by atoms with Gasteiger partial charge in [-0.2, -0.15) is 43.9 Å². The highest BCUT2D eigenvalue weighted by atomic mass is 29.3. The van der Waals surface area contributed by atoms with Gasteiger partial charge < -0.3 is 13.9 Å². The topological polar surface area (TPSA) is 27.7 Å². The molecule has 0 spiro atoms. The van der Waals surface area contributed by atoms with Gasteiger partial charge >= 0.3 is 23.9 Å². The molecule has 0 fully saturated rings. The van der Waals surface area contributed by atoms with Crippen LogP contribution in [-0.2, 0) is 4.43 Å². The van der Waals surface area contributed by atoms with Crippen LogP contribution in [0.4, 0.5) is 48.3 Å². The van der Waals surface area contributed by atoms with Crippen LogP contribution in [0.2, 0.25) is 32.7 Å². The molecule has 0 radical (unpaired) electrons. The van der Waals surface area contributed by atoms with Gasteiger partial charge in [0.15, 0.2) is 19.4 Å². The number of halogens is 11. The van der Waals surface area contributed by atoms with E-state index in [1.165, 1.54) is 36.4 Å². The lowest BCUT2D eigenvalue weighted by Gasteiger charge is -2.34. The van der Waals surface area contributed by atoms with E-state index in [4.69, 9.17) is 13.9 Å². The number of benzene rings is 2. The average molecular weight is 699 g/mol. The van der Waals surface area contributed by atoms with Crippen LogP contribution in [0, 0.1) is 11.6 Å². The summed E-state index contributed by atoms with van der Waals surface area (Å²) in [5.41, 5.74) is 0.168. The van der Waals surface area contributed by atoms with Gasteiger partial charge in [-0.15, -0.1) is 0 Å².